The quantitative estimate of drug-likeness (QED) is 0.418. The van der Waals surface area contributed by atoms with Gasteiger partial charge in [-0.25, -0.2) is 4.98 Å². The molecule has 170 valence electrons. The number of methoxy groups -OCH3 is 1. The SMILES string of the molecule is COc1ccc2nc(Cc3ccccc3)n(-c3cccc(C(C)(O)C(F)(F)P)c3)c(=O)c2c1. The van der Waals surface area contributed by atoms with E-state index >= 15 is 0 Å². The van der Waals surface area contributed by atoms with Crippen LogP contribution in [0.4, 0.5) is 8.78 Å². The van der Waals surface area contributed by atoms with Gasteiger partial charge in [0.2, 0.25) is 0 Å². The van der Waals surface area contributed by atoms with Crippen molar-refractivity contribution in [3.8, 4) is 11.4 Å². The topological polar surface area (TPSA) is 64.3 Å². The van der Waals surface area contributed by atoms with E-state index in [4.69, 9.17) is 9.72 Å². The van der Waals surface area contributed by atoms with Crippen LogP contribution in [0.2, 0.25) is 0 Å². The van der Waals surface area contributed by atoms with E-state index in [0.29, 0.717) is 34.6 Å². The van der Waals surface area contributed by atoms with Crippen molar-refractivity contribution in [2.45, 2.75) is 24.6 Å². The molecular formula is C25H23F2N2O3P. The smallest absolute Gasteiger partial charge is 0.290 e. The van der Waals surface area contributed by atoms with Crippen molar-refractivity contribution in [3.63, 3.8) is 0 Å². The Balaban J connectivity index is 1.97. The summed E-state index contributed by atoms with van der Waals surface area (Å²) in [7, 11) is 2.88. The van der Waals surface area contributed by atoms with E-state index in [2.05, 4.69) is 0 Å². The molecule has 0 saturated carbocycles. The third-order valence-corrected chi connectivity index (χ3v) is 6.23. The van der Waals surface area contributed by atoms with Gasteiger partial charge < -0.3 is 9.84 Å². The van der Waals surface area contributed by atoms with Gasteiger partial charge in [-0.1, -0.05) is 51.7 Å². The van der Waals surface area contributed by atoms with Gasteiger partial charge in [-0.3, -0.25) is 9.36 Å². The monoisotopic (exact) mass is 468 g/mol. The number of aliphatic hydroxyl groups is 1. The number of alkyl halides is 2. The molecule has 1 aromatic heterocycles. The fourth-order valence-electron chi connectivity index (χ4n) is 3.64. The van der Waals surface area contributed by atoms with Gasteiger partial charge in [0.25, 0.3) is 11.2 Å². The van der Waals surface area contributed by atoms with Gasteiger partial charge in [-0.05, 0) is 48.4 Å². The van der Waals surface area contributed by atoms with Crippen molar-refractivity contribution in [1.82, 2.24) is 9.55 Å². The molecule has 8 heteroatoms. The number of nitrogens with zero attached hydrogens (tertiary/aromatic N) is 2. The highest BCUT2D eigenvalue weighted by Crippen LogP contribution is 2.42. The van der Waals surface area contributed by atoms with E-state index in [-0.39, 0.29) is 11.1 Å². The van der Waals surface area contributed by atoms with Crippen molar-refractivity contribution in [3.05, 3.63) is 100 Å². The maximum Gasteiger partial charge on any atom is 0.290 e. The first-order valence-corrected chi connectivity index (χ1v) is 10.8. The summed E-state index contributed by atoms with van der Waals surface area (Å²) in [4.78, 5) is 18.3. The van der Waals surface area contributed by atoms with E-state index < -0.39 is 11.3 Å². The lowest BCUT2D eigenvalue weighted by molar-refractivity contribution is -0.115. The lowest BCUT2D eigenvalue weighted by Gasteiger charge is -2.30. The van der Waals surface area contributed by atoms with Crippen LogP contribution in [0.1, 0.15) is 23.9 Å². The highest BCUT2D eigenvalue weighted by Gasteiger charge is 2.46. The van der Waals surface area contributed by atoms with Crippen LogP contribution in [-0.2, 0) is 12.0 Å². The molecule has 5 nitrogen and oxygen atoms in total. The Morgan fingerprint density at radius 2 is 1.79 bits per heavy atom. The Hall–Kier alpha value is -3.15. The Morgan fingerprint density at radius 3 is 2.45 bits per heavy atom. The van der Waals surface area contributed by atoms with Gasteiger partial charge in [-0.2, -0.15) is 8.78 Å². The van der Waals surface area contributed by atoms with Crippen LogP contribution in [0.3, 0.4) is 0 Å². The fourth-order valence-corrected chi connectivity index (χ4v) is 3.81. The summed E-state index contributed by atoms with van der Waals surface area (Å²) in [5.74, 6) is 0.946. The maximum absolute atomic E-state index is 14.1. The number of hydrogen-bond donors (Lipinski definition) is 1. The van der Waals surface area contributed by atoms with E-state index in [1.165, 1.54) is 39.1 Å². The summed E-state index contributed by atoms with van der Waals surface area (Å²) in [5.41, 5.74) is -4.55. The van der Waals surface area contributed by atoms with E-state index in [1.54, 1.807) is 24.3 Å². The minimum absolute atomic E-state index is 0.0247. The Morgan fingerprint density at radius 1 is 1.06 bits per heavy atom. The Bertz CT molecular complexity index is 1370. The molecule has 0 saturated heterocycles. The summed E-state index contributed by atoms with van der Waals surface area (Å²) in [5, 5.41) is 10.9. The molecule has 2 atom stereocenters. The van der Waals surface area contributed by atoms with Crippen LogP contribution in [0.15, 0.2) is 77.6 Å². The average Bonchev–Trinajstić information content (AvgIpc) is 2.79. The molecule has 4 aromatic rings. The van der Waals surface area contributed by atoms with Gasteiger partial charge in [0, 0.05) is 6.42 Å². The average molecular weight is 468 g/mol. The van der Waals surface area contributed by atoms with Crippen molar-refractivity contribution in [2.24, 2.45) is 0 Å². The first-order chi connectivity index (χ1) is 15.6. The van der Waals surface area contributed by atoms with Crippen LogP contribution < -0.4 is 10.3 Å². The van der Waals surface area contributed by atoms with Crippen LogP contribution >= 0.6 is 9.24 Å². The van der Waals surface area contributed by atoms with E-state index in [0.717, 1.165) is 12.5 Å². The molecule has 1 N–H and O–H groups in total. The summed E-state index contributed by atoms with van der Waals surface area (Å²) >= 11 is 0. The standard InChI is InChI=1S/C25H23F2N2O3P/c1-24(31,25(26,27)33)17-9-6-10-18(14-17)29-22(13-16-7-4-3-5-8-16)28-21-12-11-19(32-2)15-20(21)23(29)30/h3-12,14-15,31H,13,33H2,1-2H3. The summed E-state index contributed by atoms with van der Waals surface area (Å²) < 4.78 is 34.8. The largest absolute Gasteiger partial charge is 0.497 e. The molecule has 0 aliphatic rings. The van der Waals surface area contributed by atoms with Gasteiger partial charge in [0.05, 0.1) is 23.7 Å². The zero-order valence-corrected chi connectivity index (χ0v) is 19.3. The van der Waals surface area contributed by atoms with E-state index in [1.807, 2.05) is 30.3 Å². The molecule has 0 fully saturated rings. The zero-order chi connectivity index (χ0) is 23.8. The summed E-state index contributed by atoms with van der Waals surface area (Å²) in [6, 6.07) is 20.5. The first-order valence-electron chi connectivity index (χ1n) is 10.3. The second kappa shape index (κ2) is 8.65. The molecule has 4 rings (SSSR count). The highest BCUT2D eigenvalue weighted by atomic mass is 31.0. The van der Waals surface area contributed by atoms with Gasteiger partial charge in [-0.15, -0.1) is 0 Å². The van der Waals surface area contributed by atoms with Crippen molar-refractivity contribution >= 4 is 20.1 Å². The Kier molecular flexibility index (Phi) is 6.04. The molecule has 1 heterocycles. The Labute approximate surface area is 191 Å². The zero-order valence-electron chi connectivity index (χ0n) is 18.1. The number of halogens is 2. The summed E-state index contributed by atoms with van der Waals surface area (Å²) in [6.07, 6.45) is 0.346. The third kappa shape index (κ3) is 4.39. The molecular weight excluding hydrogens is 445 g/mol. The van der Waals surface area contributed by atoms with Gasteiger partial charge in [0.15, 0.2) is 5.60 Å². The lowest BCUT2D eigenvalue weighted by atomic mass is 9.95. The second-order valence-electron chi connectivity index (χ2n) is 7.96. The number of rotatable bonds is 6. The van der Waals surface area contributed by atoms with Gasteiger partial charge in [0.1, 0.15) is 11.6 Å². The number of fused-ring (bicyclic) bond motifs is 1. The molecule has 2 unspecified atom stereocenters. The molecule has 0 amide bonds. The van der Waals surface area contributed by atoms with Crippen molar-refractivity contribution in [1.29, 1.82) is 0 Å². The minimum Gasteiger partial charge on any atom is -0.497 e. The van der Waals surface area contributed by atoms with Crippen LogP contribution in [0, 0.1) is 0 Å². The maximum atomic E-state index is 14.1. The van der Waals surface area contributed by atoms with Gasteiger partial charge >= 0.3 is 0 Å². The first kappa shape index (κ1) is 23.0. The molecule has 33 heavy (non-hydrogen) atoms. The lowest BCUT2D eigenvalue weighted by Crippen LogP contribution is -2.38. The molecule has 0 aliphatic heterocycles. The number of benzene rings is 3. The molecule has 0 bridgehead atoms. The van der Waals surface area contributed by atoms with Crippen LogP contribution in [0.5, 0.6) is 5.75 Å². The predicted octanol–water partition coefficient (Wildman–Crippen LogP) is 4.66. The normalized spacial score (nSPS) is 13.6. The second-order valence-corrected chi connectivity index (χ2v) is 8.68. The predicted molar refractivity (Wildman–Crippen MR) is 127 cm³/mol. The van der Waals surface area contributed by atoms with Crippen molar-refractivity contribution in [2.75, 3.05) is 7.11 Å². The molecule has 0 aliphatic carbocycles. The number of aromatic nitrogens is 2. The van der Waals surface area contributed by atoms with Crippen LogP contribution in [-0.4, -0.2) is 27.4 Å². The number of ether oxygens (including phenoxy) is 1. The minimum atomic E-state index is -3.47. The van der Waals surface area contributed by atoms with E-state index in [9.17, 15) is 18.7 Å². The third-order valence-electron chi connectivity index (χ3n) is 5.67. The number of hydrogen-bond acceptors (Lipinski definition) is 4. The highest BCUT2D eigenvalue weighted by molar-refractivity contribution is 7.18. The fraction of sp³-hybridized carbons (Fsp3) is 0.200. The summed E-state index contributed by atoms with van der Waals surface area (Å²) in [6.45, 7) is 1.04. The molecule has 3 aromatic carbocycles. The molecule has 0 spiro atoms. The van der Waals surface area contributed by atoms with Crippen molar-refractivity contribution < 1.29 is 18.6 Å². The van der Waals surface area contributed by atoms with Crippen LogP contribution in [0.25, 0.3) is 16.6 Å². The molecule has 0 radical (unpaired) electrons.